The predicted molar refractivity (Wildman–Crippen MR) is 39.6 cm³/mol. The molecule has 0 saturated carbocycles. The fourth-order valence-corrected chi connectivity index (χ4v) is 0.832. The molecule has 0 fully saturated rings. The van der Waals surface area contributed by atoms with E-state index < -0.39 is 20.6 Å². The van der Waals surface area contributed by atoms with E-state index in [1.807, 2.05) is 0 Å². The Morgan fingerprint density at radius 2 is 2.00 bits per heavy atom. The van der Waals surface area contributed by atoms with E-state index in [1.165, 1.54) is 6.92 Å². The second kappa shape index (κ2) is 5.83. The Morgan fingerprint density at radius 1 is 1.45 bits per heavy atom. The maximum absolute atomic E-state index is 8.93. The van der Waals surface area contributed by atoms with Gasteiger partial charge in [-0.3, -0.25) is 0 Å². The zero-order valence-corrected chi connectivity index (χ0v) is 7.11. The molecular formula is C5H13O5P. The van der Waals surface area contributed by atoms with Crippen LogP contribution in [0.5, 0.6) is 0 Å². The van der Waals surface area contributed by atoms with Gasteiger partial charge < -0.3 is 24.5 Å². The largest absolute Gasteiger partial charge is 0.396 e. The zero-order chi connectivity index (χ0) is 8.85. The molecule has 2 atom stereocenters. The van der Waals surface area contributed by atoms with Gasteiger partial charge in [0.25, 0.3) is 0 Å². The van der Waals surface area contributed by atoms with Gasteiger partial charge in [-0.05, 0) is 6.92 Å². The van der Waals surface area contributed by atoms with Crippen molar-refractivity contribution in [2.24, 2.45) is 5.92 Å². The van der Waals surface area contributed by atoms with Crippen molar-refractivity contribution in [2.75, 3.05) is 13.2 Å². The Morgan fingerprint density at radius 3 is 2.27 bits per heavy atom. The van der Waals surface area contributed by atoms with E-state index in [9.17, 15) is 0 Å². The summed E-state index contributed by atoms with van der Waals surface area (Å²) in [4.78, 5) is 16.6. The lowest BCUT2D eigenvalue weighted by atomic mass is 10.1. The molecule has 0 aromatic carbocycles. The molecule has 0 amide bonds. The van der Waals surface area contributed by atoms with Gasteiger partial charge in [0.2, 0.25) is 0 Å². The van der Waals surface area contributed by atoms with Crippen LogP contribution in [0.2, 0.25) is 0 Å². The van der Waals surface area contributed by atoms with Crippen LogP contribution in [0.25, 0.3) is 0 Å². The second-order valence-corrected chi connectivity index (χ2v) is 3.00. The molecule has 6 heteroatoms. The monoisotopic (exact) mass is 184 g/mol. The Balaban J connectivity index is 3.52. The molecule has 0 aromatic rings. The summed E-state index contributed by atoms with van der Waals surface area (Å²) in [5, 5.41) is 17.5. The highest BCUT2D eigenvalue weighted by Crippen LogP contribution is 2.25. The van der Waals surface area contributed by atoms with E-state index in [0.717, 1.165) is 0 Å². The molecule has 5 nitrogen and oxygen atoms in total. The van der Waals surface area contributed by atoms with Gasteiger partial charge in [0.15, 0.2) is 0 Å². The van der Waals surface area contributed by atoms with Crippen molar-refractivity contribution in [3.8, 4) is 0 Å². The Labute approximate surface area is 66.2 Å². The zero-order valence-electron chi connectivity index (χ0n) is 6.21. The standard InChI is InChI=1S/C5H13O5P/c1-4(7)5(2-6)3-10-11(8)9/h4-9H,2-3H2,1H3. The van der Waals surface area contributed by atoms with Gasteiger partial charge >= 0.3 is 8.60 Å². The lowest BCUT2D eigenvalue weighted by Gasteiger charge is -2.16. The molecule has 0 aliphatic rings. The number of hydrogen-bond donors (Lipinski definition) is 4. The summed E-state index contributed by atoms with van der Waals surface area (Å²) < 4.78 is 4.41. The summed E-state index contributed by atoms with van der Waals surface area (Å²) in [6.45, 7) is 1.22. The van der Waals surface area contributed by atoms with E-state index >= 15 is 0 Å². The molecule has 0 bridgehead atoms. The maximum Gasteiger partial charge on any atom is 0.327 e. The SMILES string of the molecule is CC(O)C(CO)COP(O)O. The third kappa shape index (κ3) is 5.49. The van der Waals surface area contributed by atoms with Gasteiger partial charge in [0.1, 0.15) is 0 Å². The van der Waals surface area contributed by atoms with E-state index in [1.54, 1.807) is 0 Å². The van der Waals surface area contributed by atoms with Crippen LogP contribution in [-0.2, 0) is 4.52 Å². The van der Waals surface area contributed by atoms with E-state index in [-0.39, 0.29) is 13.2 Å². The number of aliphatic hydroxyl groups is 2. The molecule has 4 N–H and O–H groups in total. The van der Waals surface area contributed by atoms with E-state index in [0.29, 0.717) is 0 Å². The van der Waals surface area contributed by atoms with Gasteiger partial charge in [-0.25, -0.2) is 0 Å². The highest BCUT2D eigenvalue weighted by Gasteiger charge is 2.15. The maximum atomic E-state index is 8.93. The lowest BCUT2D eigenvalue weighted by Crippen LogP contribution is -2.24. The first-order valence-electron chi connectivity index (χ1n) is 3.17. The number of hydrogen-bond acceptors (Lipinski definition) is 5. The number of rotatable bonds is 5. The van der Waals surface area contributed by atoms with Crippen LogP contribution in [0, 0.1) is 5.92 Å². The molecule has 0 aromatic heterocycles. The molecule has 0 aliphatic carbocycles. The third-order valence-electron chi connectivity index (χ3n) is 1.32. The first-order chi connectivity index (χ1) is 5.07. The summed E-state index contributed by atoms with van der Waals surface area (Å²) in [7, 11) is -2.39. The molecule has 0 rings (SSSR count). The van der Waals surface area contributed by atoms with Crippen LogP contribution in [0.3, 0.4) is 0 Å². The van der Waals surface area contributed by atoms with Gasteiger partial charge in [0.05, 0.1) is 19.3 Å². The second-order valence-electron chi connectivity index (χ2n) is 2.23. The average molecular weight is 184 g/mol. The highest BCUT2D eigenvalue weighted by molar-refractivity contribution is 7.39. The number of aliphatic hydroxyl groups excluding tert-OH is 2. The van der Waals surface area contributed by atoms with Gasteiger partial charge in [0, 0.05) is 5.92 Å². The highest BCUT2D eigenvalue weighted by atomic mass is 31.2. The quantitative estimate of drug-likeness (QED) is 0.420. The van der Waals surface area contributed by atoms with Crippen molar-refractivity contribution in [1.82, 2.24) is 0 Å². The van der Waals surface area contributed by atoms with Crippen LogP contribution in [0.15, 0.2) is 0 Å². The molecule has 0 aliphatic heterocycles. The molecular weight excluding hydrogens is 171 g/mol. The Kier molecular flexibility index (Phi) is 5.95. The van der Waals surface area contributed by atoms with E-state index in [2.05, 4.69) is 4.52 Å². The van der Waals surface area contributed by atoms with E-state index in [4.69, 9.17) is 20.0 Å². The summed E-state index contributed by atoms with van der Waals surface area (Å²) in [5.74, 6) is -0.459. The Hall–Kier alpha value is 0.230. The van der Waals surface area contributed by atoms with Crippen LogP contribution in [0.4, 0.5) is 0 Å². The summed E-state index contributed by atoms with van der Waals surface area (Å²) >= 11 is 0. The first-order valence-corrected chi connectivity index (χ1v) is 4.34. The lowest BCUT2D eigenvalue weighted by molar-refractivity contribution is 0.0467. The van der Waals surface area contributed by atoms with Crippen molar-refractivity contribution in [3.63, 3.8) is 0 Å². The van der Waals surface area contributed by atoms with Crippen LogP contribution in [0.1, 0.15) is 6.92 Å². The topological polar surface area (TPSA) is 90.2 Å². The van der Waals surface area contributed by atoms with Crippen molar-refractivity contribution in [2.45, 2.75) is 13.0 Å². The fourth-order valence-electron chi connectivity index (χ4n) is 0.507. The molecule has 2 unspecified atom stereocenters. The molecule has 0 radical (unpaired) electrons. The normalized spacial score (nSPS) is 16.9. The van der Waals surface area contributed by atoms with Crippen molar-refractivity contribution in [3.05, 3.63) is 0 Å². The average Bonchev–Trinajstić information content (AvgIpc) is 1.87. The summed E-state index contributed by atoms with van der Waals surface area (Å²) in [6, 6.07) is 0. The predicted octanol–water partition coefficient (Wildman–Crippen LogP) is -0.796. The molecule has 68 valence electrons. The summed E-state index contributed by atoms with van der Waals surface area (Å²) in [6.07, 6.45) is -0.713. The van der Waals surface area contributed by atoms with Crippen molar-refractivity contribution < 1.29 is 24.5 Å². The molecule has 0 saturated heterocycles. The third-order valence-corrected chi connectivity index (χ3v) is 1.70. The molecule has 0 heterocycles. The van der Waals surface area contributed by atoms with Gasteiger partial charge in [-0.2, -0.15) is 0 Å². The van der Waals surface area contributed by atoms with Crippen LogP contribution < -0.4 is 0 Å². The van der Waals surface area contributed by atoms with Crippen LogP contribution in [-0.4, -0.2) is 39.3 Å². The first kappa shape index (κ1) is 11.2. The fraction of sp³-hybridized carbons (Fsp3) is 1.00. The molecule has 0 spiro atoms. The van der Waals surface area contributed by atoms with Crippen LogP contribution >= 0.6 is 8.60 Å². The van der Waals surface area contributed by atoms with Gasteiger partial charge in [-0.15, -0.1) is 0 Å². The Bertz CT molecular complexity index is 96.9. The van der Waals surface area contributed by atoms with Gasteiger partial charge in [-0.1, -0.05) is 0 Å². The van der Waals surface area contributed by atoms with Crippen molar-refractivity contribution >= 4 is 8.60 Å². The minimum atomic E-state index is -2.39. The van der Waals surface area contributed by atoms with Crippen molar-refractivity contribution in [1.29, 1.82) is 0 Å². The minimum absolute atomic E-state index is 0.0487. The summed E-state index contributed by atoms with van der Waals surface area (Å²) in [5.41, 5.74) is 0. The molecule has 11 heavy (non-hydrogen) atoms. The minimum Gasteiger partial charge on any atom is -0.396 e. The smallest absolute Gasteiger partial charge is 0.327 e.